The van der Waals surface area contributed by atoms with E-state index in [2.05, 4.69) is 4.98 Å². The zero-order valence-corrected chi connectivity index (χ0v) is 12.3. The van der Waals surface area contributed by atoms with E-state index < -0.39 is 9.84 Å². The van der Waals surface area contributed by atoms with Crippen LogP contribution in [0.15, 0.2) is 24.5 Å². The van der Waals surface area contributed by atoms with Crippen molar-refractivity contribution in [3.63, 3.8) is 0 Å². The van der Waals surface area contributed by atoms with Gasteiger partial charge in [-0.2, -0.15) is 0 Å². The third kappa shape index (κ3) is 2.52. The molecule has 2 aromatic heterocycles. The molecule has 2 aromatic rings. The van der Waals surface area contributed by atoms with Crippen LogP contribution in [0.4, 0.5) is 0 Å². The van der Waals surface area contributed by atoms with Crippen LogP contribution in [0.1, 0.15) is 25.0 Å². The van der Waals surface area contributed by atoms with Crippen LogP contribution in [-0.2, 0) is 16.3 Å². The Labute approximate surface area is 118 Å². The van der Waals surface area contributed by atoms with E-state index in [-0.39, 0.29) is 5.25 Å². The second-order valence-electron chi connectivity index (χ2n) is 5.25. The molecule has 3 rings (SSSR count). The average molecular weight is 294 g/mol. The SMILES string of the molecule is COc1ccn2cc(CC3CCCCS3(=O)=O)nc2c1. The van der Waals surface area contributed by atoms with Crippen LogP contribution >= 0.6 is 0 Å². The van der Waals surface area contributed by atoms with Crippen molar-refractivity contribution in [3.05, 3.63) is 30.2 Å². The van der Waals surface area contributed by atoms with E-state index in [1.165, 1.54) is 0 Å². The molecule has 1 fully saturated rings. The fraction of sp³-hybridized carbons (Fsp3) is 0.500. The van der Waals surface area contributed by atoms with Gasteiger partial charge in [-0.15, -0.1) is 0 Å². The van der Waals surface area contributed by atoms with Gasteiger partial charge >= 0.3 is 0 Å². The molecule has 1 aliphatic heterocycles. The highest BCUT2D eigenvalue weighted by atomic mass is 32.2. The van der Waals surface area contributed by atoms with Crippen LogP contribution in [0.2, 0.25) is 0 Å². The summed E-state index contributed by atoms with van der Waals surface area (Å²) in [6.45, 7) is 0. The van der Waals surface area contributed by atoms with Crippen molar-refractivity contribution in [2.24, 2.45) is 0 Å². The lowest BCUT2D eigenvalue weighted by atomic mass is 10.1. The summed E-state index contributed by atoms with van der Waals surface area (Å²) in [4.78, 5) is 4.50. The fourth-order valence-corrected chi connectivity index (χ4v) is 4.62. The van der Waals surface area contributed by atoms with Crippen molar-refractivity contribution in [2.45, 2.75) is 30.9 Å². The largest absolute Gasteiger partial charge is 0.497 e. The van der Waals surface area contributed by atoms with Crippen LogP contribution < -0.4 is 4.74 Å². The number of rotatable bonds is 3. The van der Waals surface area contributed by atoms with Gasteiger partial charge in [0.15, 0.2) is 9.84 Å². The third-order valence-electron chi connectivity index (χ3n) is 3.87. The summed E-state index contributed by atoms with van der Waals surface area (Å²) < 4.78 is 31.2. The predicted octanol–water partition coefficient (Wildman–Crippen LogP) is 1.85. The third-order valence-corrected chi connectivity index (χ3v) is 6.14. The number of aromatic nitrogens is 2. The summed E-state index contributed by atoms with van der Waals surface area (Å²) in [5.41, 5.74) is 1.61. The number of ether oxygens (including phenoxy) is 1. The second kappa shape index (κ2) is 5.09. The molecule has 108 valence electrons. The number of nitrogens with zero attached hydrogens (tertiary/aromatic N) is 2. The molecular formula is C14H18N2O3S. The van der Waals surface area contributed by atoms with Gasteiger partial charge in [0.25, 0.3) is 0 Å². The van der Waals surface area contributed by atoms with Gasteiger partial charge in [0.05, 0.1) is 23.8 Å². The molecule has 1 saturated heterocycles. The molecule has 0 radical (unpaired) electrons. The molecule has 6 heteroatoms. The van der Waals surface area contributed by atoms with Gasteiger partial charge in [-0.1, -0.05) is 6.42 Å². The van der Waals surface area contributed by atoms with E-state index >= 15 is 0 Å². The van der Waals surface area contributed by atoms with E-state index in [0.717, 1.165) is 36.4 Å². The van der Waals surface area contributed by atoms with E-state index in [9.17, 15) is 8.42 Å². The minimum Gasteiger partial charge on any atom is -0.497 e. The highest BCUT2D eigenvalue weighted by Crippen LogP contribution is 2.23. The lowest BCUT2D eigenvalue weighted by Crippen LogP contribution is -2.30. The second-order valence-corrected chi connectivity index (χ2v) is 7.65. The highest BCUT2D eigenvalue weighted by Gasteiger charge is 2.29. The monoisotopic (exact) mass is 294 g/mol. The lowest BCUT2D eigenvalue weighted by molar-refractivity contribution is 0.414. The minimum atomic E-state index is -2.95. The first kappa shape index (κ1) is 13.4. The number of methoxy groups -OCH3 is 1. The van der Waals surface area contributed by atoms with Crippen LogP contribution in [0.3, 0.4) is 0 Å². The molecule has 20 heavy (non-hydrogen) atoms. The van der Waals surface area contributed by atoms with Gasteiger partial charge in [-0.3, -0.25) is 0 Å². The van der Waals surface area contributed by atoms with Gasteiger partial charge in [0.2, 0.25) is 0 Å². The summed E-state index contributed by atoms with van der Waals surface area (Å²) >= 11 is 0. The van der Waals surface area contributed by atoms with E-state index in [1.807, 2.05) is 28.9 Å². The maximum atomic E-state index is 12.0. The Kier molecular flexibility index (Phi) is 3.41. The van der Waals surface area contributed by atoms with Gasteiger partial charge in [-0.25, -0.2) is 13.4 Å². The zero-order chi connectivity index (χ0) is 14.2. The van der Waals surface area contributed by atoms with Gasteiger partial charge < -0.3 is 9.14 Å². The minimum absolute atomic E-state index is 0.275. The number of hydrogen-bond acceptors (Lipinski definition) is 4. The first-order chi connectivity index (χ1) is 9.58. The molecule has 1 unspecified atom stereocenters. The molecule has 0 bridgehead atoms. The Hall–Kier alpha value is -1.56. The Morgan fingerprint density at radius 1 is 1.45 bits per heavy atom. The van der Waals surface area contributed by atoms with Crippen molar-refractivity contribution < 1.29 is 13.2 Å². The number of hydrogen-bond donors (Lipinski definition) is 0. The first-order valence-corrected chi connectivity index (χ1v) is 8.53. The number of sulfone groups is 1. The Bertz CT molecular complexity index is 721. The van der Waals surface area contributed by atoms with Crippen molar-refractivity contribution in [2.75, 3.05) is 12.9 Å². The van der Waals surface area contributed by atoms with Gasteiger partial charge in [-0.05, 0) is 18.9 Å². The lowest BCUT2D eigenvalue weighted by Gasteiger charge is -2.21. The topological polar surface area (TPSA) is 60.7 Å². The first-order valence-electron chi connectivity index (χ1n) is 6.82. The fourth-order valence-electron chi connectivity index (χ4n) is 2.72. The maximum Gasteiger partial charge on any atom is 0.153 e. The molecule has 3 heterocycles. The smallest absolute Gasteiger partial charge is 0.153 e. The van der Waals surface area contributed by atoms with Crippen LogP contribution in [0, 0.1) is 0 Å². The summed E-state index contributed by atoms with van der Waals surface area (Å²) in [7, 11) is -1.33. The number of fused-ring (bicyclic) bond motifs is 1. The van der Waals surface area contributed by atoms with Crippen molar-refractivity contribution in [1.29, 1.82) is 0 Å². The summed E-state index contributed by atoms with van der Waals surface area (Å²) in [6, 6.07) is 3.70. The molecule has 0 saturated carbocycles. The zero-order valence-electron chi connectivity index (χ0n) is 11.4. The number of imidazole rings is 1. The molecule has 0 aromatic carbocycles. The average Bonchev–Trinajstić information content (AvgIpc) is 2.82. The molecule has 0 spiro atoms. The quantitative estimate of drug-likeness (QED) is 0.867. The molecule has 0 N–H and O–H groups in total. The van der Waals surface area contributed by atoms with E-state index in [4.69, 9.17) is 4.74 Å². The van der Waals surface area contributed by atoms with Crippen molar-refractivity contribution >= 4 is 15.5 Å². The standard InChI is InChI=1S/C14H18N2O3S/c1-19-12-5-6-16-10-11(15-14(16)9-12)8-13-4-2-3-7-20(13,17)18/h5-6,9-10,13H,2-4,7-8H2,1H3. The summed E-state index contributed by atoms with van der Waals surface area (Å²) in [5, 5.41) is -0.275. The maximum absolute atomic E-state index is 12.0. The number of pyridine rings is 1. The van der Waals surface area contributed by atoms with E-state index in [0.29, 0.717) is 12.2 Å². The summed E-state index contributed by atoms with van der Waals surface area (Å²) in [5.74, 6) is 1.07. The van der Waals surface area contributed by atoms with E-state index in [1.54, 1.807) is 7.11 Å². The van der Waals surface area contributed by atoms with Gasteiger partial charge in [0, 0.05) is 24.9 Å². The molecule has 1 atom stereocenters. The molecule has 1 aliphatic rings. The predicted molar refractivity (Wildman–Crippen MR) is 76.9 cm³/mol. The normalized spacial score (nSPS) is 21.9. The Balaban J connectivity index is 1.87. The molecule has 0 amide bonds. The molecular weight excluding hydrogens is 276 g/mol. The summed E-state index contributed by atoms with van der Waals surface area (Å²) in [6.07, 6.45) is 6.82. The highest BCUT2D eigenvalue weighted by molar-refractivity contribution is 7.92. The molecule has 5 nitrogen and oxygen atoms in total. The Morgan fingerprint density at radius 2 is 2.30 bits per heavy atom. The molecule has 0 aliphatic carbocycles. The van der Waals surface area contributed by atoms with Crippen molar-refractivity contribution in [3.8, 4) is 5.75 Å². The van der Waals surface area contributed by atoms with Gasteiger partial charge in [0.1, 0.15) is 11.4 Å². The van der Waals surface area contributed by atoms with Crippen LogP contribution in [0.5, 0.6) is 5.75 Å². The van der Waals surface area contributed by atoms with Crippen LogP contribution in [0.25, 0.3) is 5.65 Å². The van der Waals surface area contributed by atoms with Crippen LogP contribution in [-0.4, -0.2) is 35.9 Å². The Morgan fingerprint density at radius 3 is 3.05 bits per heavy atom. The van der Waals surface area contributed by atoms with Crippen molar-refractivity contribution in [1.82, 2.24) is 9.38 Å².